The summed E-state index contributed by atoms with van der Waals surface area (Å²) in [4.78, 5) is 34.8. The fraction of sp³-hybridized carbons (Fsp3) is 0.438. The summed E-state index contributed by atoms with van der Waals surface area (Å²) in [5.74, 6) is -1.35. The molecule has 0 fully saturated rings. The Balaban J connectivity index is 2.89. The van der Waals surface area contributed by atoms with E-state index >= 15 is 0 Å². The van der Waals surface area contributed by atoms with E-state index in [-0.39, 0.29) is 11.6 Å². The summed E-state index contributed by atoms with van der Waals surface area (Å²) >= 11 is 0. The van der Waals surface area contributed by atoms with Gasteiger partial charge in [0.2, 0.25) is 11.8 Å². The average molecular weight is 339 g/mol. The Labute approximate surface area is 139 Å². The number of hydrogen-bond acceptors (Lipinski definition) is 4. The fourth-order valence-corrected chi connectivity index (χ4v) is 2.02. The summed E-state index contributed by atoms with van der Waals surface area (Å²) in [6, 6.07) is 3.00. The van der Waals surface area contributed by atoms with Crippen molar-refractivity contribution in [2.45, 2.75) is 33.2 Å². The van der Waals surface area contributed by atoms with Crippen LogP contribution in [0, 0.1) is 11.7 Å². The molecule has 0 saturated heterocycles. The lowest BCUT2D eigenvalue weighted by molar-refractivity contribution is -0.118. The Morgan fingerprint density at radius 2 is 1.88 bits per heavy atom. The Morgan fingerprint density at radius 1 is 1.21 bits per heavy atom. The second kappa shape index (κ2) is 8.85. The maximum atomic E-state index is 13.6. The van der Waals surface area contributed by atoms with Gasteiger partial charge in [-0.15, -0.1) is 0 Å². The van der Waals surface area contributed by atoms with Crippen LogP contribution in [-0.2, 0) is 14.3 Å². The second-order valence-corrected chi connectivity index (χ2v) is 5.68. The normalized spacial score (nSPS) is 11.6. The van der Waals surface area contributed by atoms with Crippen LogP contribution < -0.4 is 16.0 Å². The van der Waals surface area contributed by atoms with Gasteiger partial charge in [-0.25, -0.2) is 9.18 Å². The quantitative estimate of drug-likeness (QED) is 0.742. The molecule has 1 rings (SSSR count). The molecule has 0 spiro atoms. The lowest BCUT2D eigenvalue weighted by Crippen LogP contribution is -2.44. The van der Waals surface area contributed by atoms with Crippen molar-refractivity contribution in [1.82, 2.24) is 5.32 Å². The van der Waals surface area contributed by atoms with Gasteiger partial charge in [0.25, 0.3) is 0 Å². The summed E-state index contributed by atoms with van der Waals surface area (Å²) in [7, 11) is 1.21. The first-order valence-corrected chi connectivity index (χ1v) is 7.45. The van der Waals surface area contributed by atoms with Gasteiger partial charge in [0.05, 0.1) is 12.8 Å². The number of amides is 3. The lowest BCUT2D eigenvalue weighted by atomic mass is 10.0. The fourth-order valence-electron chi connectivity index (χ4n) is 2.02. The second-order valence-electron chi connectivity index (χ2n) is 5.68. The molecular formula is C16H22FN3O4. The van der Waals surface area contributed by atoms with Crippen molar-refractivity contribution in [2.75, 3.05) is 17.7 Å². The van der Waals surface area contributed by atoms with E-state index in [0.29, 0.717) is 12.1 Å². The van der Waals surface area contributed by atoms with E-state index in [1.54, 1.807) is 0 Å². The minimum absolute atomic E-state index is 0.0402. The van der Waals surface area contributed by atoms with Crippen LogP contribution in [0.5, 0.6) is 0 Å². The van der Waals surface area contributed by atoms with E-state index in [0.717, 1.165) is 6.07 Å². The van der Waals surface area contributed by atoms with Crippen molar-refractivity contribution in [2.24, 2.45) is 5.92 Å². The average Bonchev–Trinajstić information content (AvgIpc) is 2.48. The number of hydrogen-bond donors (Lipinski definition) is 3. The van der Waals surface area contributed by atoms with Crippen LogP contribution >= 0.6 is 0 Å². The van der Waals surface area contributed by atoms with Crippen LogP contribution in [-0.4, -0.2) is 31.1 Å². The zero-order valence-electron chi connectivity index (χ0n) is 14.1. The summed E-state index contributed by atoms with van der Waals surface area (Å²) in [5, 5.41) is 7.38. The van der Waals surface area contributed by atoms with Gasteiger partial charge in [-0.05, 0) is 30.5 Å². The number of halogens is 1. The minimum atomic E-state index is -0.799. The van der Waals surface area contributed by atoms with Crippen LogP contribution in [0.1, 0.15) is 27.2 Å². The number of ether oxygens (including phenoxy) is 1. The molecule has 0 aliphatic rings. The third kappa shape index (κ3) is 6.23. The summed E-state index contributed by atoms with van der Waals surface area (Å²) < 4.78 is 18.1. The smallest absolute Gasteiger partial charge is 0.407 e. The van der Waals surface area contributed by atoms with Gasteiger partial charge >= 0.3 is 6.09 Å². The molecule has 24 heavy (non-hydrogen) atoms. The van der Waals surface area contributed by atoms with Crippen molar-refractivity contribution in [3.63, 3.8) is 0 Å². The predicted molar refractivity (Wildman–Crippen MR) is 88.1 cm³/mol. The molecule has 3 amide bonds. The standard InChI is InChI=1S/C16H22FN3O4/c1-9(2)7-14(20-16(23)24-4)15(22)19-11-5-6-12(17)13(8-11)18-10(3)21/h5-6,8-9,14H,7H2,1-4H3,(H,18,21)(H,19,22)(H,20,23). The number of nitrogens with one attached hydrogen (secondary N) is 3. The zero-order valence-corrected chi connectivity index (χ0v) is 14.1. The van der Waals surface area contributed by atoms with Crippen LogP contribution in [0.3, 0.4) is 0 Å². The Bertz CT molecular complexity index is 619. The number of anilines is 2. The highest BCUT2D eigenvalue weighted by Crippen LogP contribution is 2.20. The third-order valence-corrected chi connectivity index (χ3v) is 3.05. The topological polar surface area (TPSA) is 96.5 Å². The van der Waals surface area contributed by atoms with Crippen LogP contribution in [0.15, 0.2) is 18.2 Å². The lowest BCUT2D eigenvalue weighted by Gasteiger charge is -2.19. The van der Waals surface area contributed by atoms with Crippen molar-refractivity contribution >= 4 is 29.3 Å². The van der Waals surface area contributed by atoms with Gasteiger partial charge < -0.3 is 20.7 Å². The molecule has 7 nitrogen and oxygen atoms in total. The predicted octanol–water partition coefficient (Wildman–Crippen LogP) is 2.49. The van der Waals surface area contributed by atoms with E-state index in [4.69, 9.17) is 0 Å². The van der Waals surface area contributed by atoms with E-state index in [9.17, 15) is 18.8 Å². The van der Waals surface area contributed by atoms with Crippen molar-refractivity contribution in [3.05, 3.63) is 24.0 Å². The molecule has 0 bridgehead atoms. The number of alkyl carbamates (subject to hydrolysis) is 1. The summed E-state index contributed by atoms with van der Waals surface area (Å²) in [6.45, 7) is 5.07. The van der Waals surface area contributed by atoms with E-state index < -0.39 is 29.8 Å². The van der Waals surface area contributed by atoms with Gasteiger partial charge in [-0.2, -0.15) is 0 Å². The first kappa shape index (κ1) is 19.4. The summed E-state index contributed by atoms with van der Waals surface area (Å²) in [6.07, 6.45) is -0.311. The molecule has 132 valence electrons. The Kier molecular flexibility index (Phi) is 7.16. The highest BCUT2D eigenvalue weighted by molar-refractivity contribution is 5.97. The number of carbonyl (C=O) groups is 3. The third-order valence-electron chi connectivity index (χ3n) is 3.05. The number of rotatable bonds is 6. The van der Waals surface area contributed by atoms with Crippen molar-refractivity contribution in [1.29, 1.82) is 0 Å². The van der Waals surface area contributed by atoms with Crippen LogP contribution in [0.2, 0.25) is 0 Å². The van der Waals surface area contributed by atoms with Crippen molar-refractivity contribution in [3.8, 4) is 0 Å². The molecular weight excluding hydrogens is 317 g/mol. The van der Waals surface area contributed by atoms with Gasteiger partial charge in [0.15, 0.2) is 0 Å². The van der Waals surface area contributed by atoms with Crippen molar-refractivity contribution < 1.29 is 23.5 Å². The van der Waals surface area contributed by atoms with E-state index in [2.05, 4.69) is 20.7 Å². The molecule has 8 heteroatoms. The highest BCUT2D eigenvalue weighted by atomic mass is 19.1. The van der Waals surface area contributed by atoms with Gasteiger partial charge in [-0.1, -0.05) is 13.8 Å². The zero-order chi connectivity index (χ0) is 18.3. The molecule has 3 N–H and O–H groups in total. The molecule has 0 aliphatic heterocycles. The Morgan fingerprint density at radius 3 is 2.42 bits per heavy atom. The largest absolute Gasteiger partial charge is 0.453 e. The van der Waals surface area contributed by atoms with Gasteiger partial charge in [0, 0.05) is 12.6 Å². The number of methoxy groups -OCH3 is 1. The summed E-state index contributed by atoms with van der Waals surface area (Å²) in [5.41, 5.74) is 0.257. The monoisotopic (exact) mass is 339 g/mol. The molecule has 1 aromatic carbocycles. The molecule has 0 aliphatic carbocycles. The van der Waals surface area contributed by atoms with Gasteiger partial charge in [-0.3, -0.25) is 9.59 Å². The number of benzene rings is 1. The molecule has 1 aromatic rings. The van der Waals surface area contributed by atoms with Crippen LogP contribution in [0.25, 0.3) is 0 Å². The molecule has 1 unspecified atom stereocenters. The van der Waals surface area contributed by atoms with Gasteiger partial charge in [0.1, 0.15) is 11.9 Å². The van der Waals surface area contributed by atoms with Crippen LogP contribution in [0.4, 0.5) is 20.6 Å². The maximum absolute atomic E-state index is 13.6. The minimum Gasteiger partial charge on any atom is -0.453 e. The molecule has 0 heterocycles. The Hall–Kier alpha value is -2.64. The first-order chi connectivity index (χ1) is 11.2. The first-order valence-electron chi connectivity index (χ1n) is 7.45. The maximum Gasteiger partial charge on any atom is 0.407 e. The number of carbonyl (C=O) groups excluding carboxylic acids is 3. The molecule has 0 saturated carbocycles. The molecule has 0 aromatic heterocycles. The molecule has 1 atom stereocenters. The highest BCUT2D eigenvalue weighted by Gasteiger charge is 2.22. The van der Waals surface area contributed by atoms with E-state index in [1.165, 1.54) is 26.2 Å². The molecule has 0 radical (unpaired) electrons. The van der Waals surface area contributed by atoms with E-state index in [1.807, 2.05) is 13.8 Å². The SMILES string of the molecule is COC(=O)NC(CC(C)C)C(=O)Nc1ccc(F)c(NC(C)=O)c1.